The predicted octanol–water partition coefficient (Wildman–Crippen LogP) is 3.07. The lowest BCUT2D eigenvalue weighted by Gasteiger charge is -2.31. The Balaban J connectivity index is 1.34. The fourth-order valence-corrected chi connectivity index (χ4v) is 4.30. The van der Waals surface area contributed by atoms with E-state index >= 15 is 0 Å². The Labute approximate surface area is 195 Å². The highest BCUT2D eigenvalue weighted by Crippen LogP contribution is 2.17. The van der Waals surface area contributed by atoms with Gasteiger partial charge in [-0.05, 0) is 36.6 Å². The third-order valence-electron chi connectivity index (χ3n) is 6.11. The highest BCUT2D eigenvalue weighted by atomic mass is 16.3. The molecule has 1 aliphatic heterocycles. The van der Waals surface area contributed by atoms with Crippen LogP contribution in [0, 0.1) is 0 Å². The summed E-state index contributed by atoms with van der Waals surface area (Å²) in [6, 6.07) is 19.8. The van der Waals surface area contributed by atoms with Crippen LogP contribution in [0.1, 0.15) is 39.4 Å². The smallest absolute Gasteiger partial charge is 0.289 e. The first-order valence-electron chi connectivity index (χ1n) is 11.3. The van der Waals surface area contributed by atoms with Crippen LogP contribution in [0.25, 0.3) is 10.8 Å². The lowest BCUT2D eigenvalue weighted by molar-refractivity contribution is 0.0667. The Morgan fingerprint density at radius 2 is 1.65 bits per heavy atom. The van der Waals surface area contributed by atoms with Crippen LogP contribution in [0.5, 0.6) is 0 Å². The second-order valence-corrected chi connectivity index (χ2v) is 8.36. The SMILES string of the molecule is O=C(NC1CCN(C(=O)c2ccco2)CC1)c1nn(Cc2ccccc2)c(=O)c2ccccc12. The summed E-state index contributed by atoms with van der Waals surface area (Å²) >= 11 is 0. The largest absolute Gasteiger partial charge is 0.459 e. The van der Waals surface area contributed by atoms with Crippen molar-refractivity contribution >= 4 is 22.6 Å². The average molecular weight is 457 g/mol. The molecule has 0 saturated carbocycles. The summed E-state index contributed by atoms with van der Waals surface area (Å²) in [6.45, 7) is 1.32. The molecule has 3 heterocycles. The van der Waals surface area contributed by atoms with Gasteiger partial charge in [0.1, 0.15) is 0 Å². The number of amides is 2. The molecule has 8 heteroatoms. The number of carbonyl (C=O) groups excluding carboxylic acids is 2. The predicted molar refractivity (Wildman–Crippen MR) is 127 cm³/mol. The molecule has 1 aliphatic rings. The van der Waals surface area contributed by atoms with Crippen molar-refractivity contribution in [1.29, 1.82) is 0 Å². The van der Waals surface area contributed by atoms with E-state index in [1.54, 1.807) is 41.3 Å². The highest BCUT2D eigenvalue weighted by Gasteiger charge is 2.27. The van der Waals surface area contributed by atoms with Crippen molar-refractivity contribution in [3.05, 3.63) is 100 Å². The Morgan fingerprint density at radius 3 is 2.35 bits per heavy atom. The molecule has 0 unspecified atom stereocenters. The molecule has 0 atom stereocenters. The van der Waals surface area contributed by atoms with Gasteiger partial charge in [-0.2, -0.15) is 5.10 Å². The number of fused-ring (bicyclic) bond motifs is 1. The van der Waals surface area contributed by atoms with Gasteiger partial charge in [-0.15, -0.1) is 0 Å². The van der Waals surface area contributed by atoms with E-state index in [4.69, 9.17) is 4.42 Å². The molecule has 4 aromatic rings. The van der Waals surface area contributed by atoms with Gasteiger partial charge in [-0.1, -0.05) is 48.5 Å². The molecular weight excluding hydrogens is 432 g/mol. The third kappa shape index (κ3) is 4.34. The number of rotatable bonds is 5. The number of likely N-dealkylation sites (tertiary alicyclic amines) is 1. The van der Waals surface area contributed by atoms with Crippen molar-refractivity contribution in [3.8, 4) is 0 Å². The molecule has 8 nitrogen and oxygen atoms in total. The van der Waals surface area contributed by atoms with E-state index in [1.165, 1.54) is 10.9 Å². The molecule has 1 saturated heterocycles. The van der Waals surface area contributed by atoms with E-state index < -0.39 is 0 Å². The highest BCUT2D eigenvalue weighted by molar-refractivity contribution is 6.04. The summed E-state index contributed by atoms with van der Waals surface area (Å²) in [5.74, 6) is -0.150. The maximum atomic E-state index is 13.3. The molecule has 0 spiro atoms. The molecule has 0 aliphatic carbocycles. The van der Waals surface area contributed by atoms with E-state index in [9.17, 15) is 14.4 Å². The summed E-state index contributed by atoms with van der Waals surface area (Å²) in [5, 5.41) is 8.49. The summed E-state index contributed by atoms with van der Waals surface area (Å²) in [5.41, 5.74) is 0.910. The van der Waals surface area contributed by atoms with E-state index in [-0.39, 0.29) is 35.7 Å². The number of nitrogens with zero attached hydrogens (tertiary/aromatic N) is 3. The third-order valence-corrected chi connectivity index (χ3v) is 6.11. The normalized spacial score (nSPS) is 14.3. The van der Waals surface area contributed by atoms with Crippen LogP contribution in [0.4, 0.5) is 0 Å². The van der Waals surface area contributed by atoms with Gasteiger partial charge in [0.05, 0.1) is 18.2 Å². The number of piperidine rings is 1. The van der Waals surface area contributed by atoms with Gasteiger partial charge in [0.25, 0.3) is 17.4 Å². The van der Waals surface area contributed by atoms with Crippen molar-refractivity contribution in [2.45, 2.75) is 25.4 Å². The number of benzene rings is 2. The summed E-state index contributed by atoms with van der Waals surface area (Å²) in [4.78, 5) is 40.5. The number of hydrogen-bond donors (Lipinski definition) is 1. The van der Waals surface area contributed by atoms with Crippen LogP contribution in [0.3, 0.4) is 0 Å². The van der Waals surface area contributed by atoms with Crippen molar-refractivity contribution in [1.82, 2.24) is 20.0 Å². The van der Waals surface area contributed by atoms with Crippen LogP contribution in [0.2, 0.25) is 0 Å². The Bertz CT molecular complexity index is 1370. The monoisotopic (exact) mass is 456 g/mol. The second kappa shape index (κ2) is 9.35. The van der Waals surface area contributed by atoms with E-state index in [0.29, 0.717) is 42.5 Å². The lowest BCUT2D eigenvalue weighted by atomic mass is 10.0. The van der Waals surface area contributed by atoms with Crippen LogP contribution in [-0.2, 0) is 6.54 Å². The van der Waals surface area contributed by atoms with Crippen molar-refractivity contribution in [2.75, 3.05) is 13.1 Å². The Morgan fingerprint density at radius 1 is 0.941 bits per heavy atom. The molecule has 2 aromatic carbocycles. The van der Waals surface area contributed by atoms with Crippen molar-refractivity contribution in [2.24, 2.45) is 0 Å². The van der Waals surface area contributed by atoms with Crippen LogP contribution < -0.4 is 10.9 Å². The molecule has 1 fully saturated rings. The van der Waals surface area contributed by atoms with Crippen LogP contribution >= 0.6 is 0 Å². The molecule has 34 heavy (non-hydrogen) atoms. The maximum Gasteiger partial charge on any atom is 0.289 e. The van der Waals surface area contributed by atoms with Crippen LogP contribution in [-0.4, -0.2) is 45.6 Å². The minimum atomic E-state index is -0.325. The molecule has 172 valence electrons. The van der Waals surface area contributed by atoms with Crippen LogP contribution in [0.15, 0.2) is 82.2 Å². The summed E-state index contributed by atoms with van der Waals surface area (Å²) < 4.78 is 6.55. The molecular formula is C26H24N4O4. The first-order valence-corrected chi connectivity index (χ1v) is 11.3. The number of hydrogen-bond acceptors (Lipinski definition) is 5. The first-order chi connectivity index (χ1) is 16.6. The van der Waals surface area contributed by atoms with Crippen molar-refractivity contribution < 1.29 is 14.0 Å². The number of carbonyl (C=O) groups is 2. The zero-order valence-corrected chi connectivity index (χ0v) is 18.5. The topological polar surface area (TPSA) is 97.4 Å². The van der Waals surface area contributed by atoms with Gasteiger partial charge >= 0.3 is 0 Å². The number of aromatic nitrogens is 2. The van der Waals surface area contributed by atoms with Gasteiger partial charge in [0.15, 0.2) is 11.5 Å². The lowest BCUT2D eigenvalue weighted by Crippen LogP contribution is -2.47. The fraction of sp³-hybridized carbons (Fsp3) is 0.231. The number of nitrogens with one attached hydrogen (secondary N) is 1. The van der Waals surface area contributed by atoms with Gasteiger partial charge < -0.3 is 14.6 Å². The molecule has 5 rings (SSSR count). The minimum Gasteiger partial charge on any atom is -0.459 e. The van der Waals surface area contributed by atoms with Gasteiger partial charge in [-0.3, -0.25) is 14.4 Å². The molecule has 0 radical (unpaired) electrons. The first kappa shape index (κ1) is 21.6. The average Bonchev–Trinajstić information content (AvgIpc) is 3.41. The summed E-state index contributed by atoms with van der Waals surface area (Å²) in [6.07, 6.45) is 2.73. The van der Waals surface area contributed by atoms with Gasteiger partial charge in [-0.25, -0.2) is 4.68 Å². The molecule has 0 bridgehead atoms. The zero-order chi connectivity index (χ0) is 23.5. The van der Waals surface area contributed by atoms with E-state index in [2.05, 4.69) is 10.4 Å². The van der Waals surface area contributed by atoms with Gasteiger partial charge in [0, 0.05) is 24.5 Å². The fourth-order valence-electron chi connectivity index (χ4n) is 4.30. The summed E-state index contributed by atoms with van der Waals surface area (Å²) in [7, 11) is 0. The Kier molecular flexibility index (Phi) is 5.95. The second-order valence-electron chi connectivity index (χ2n) is 8.36. The molecule has 1 N–H and O–H groups in total. The zero-order valence-electron chi connectivity index (χ0n) is 18.5. The maximum absolute atomic E-state index is 13.3. The molecule has 2 aromatic heterocycles. The molecule has 2 amide bonds. The van der Waals surface area contributed by atoms with E-state index in [0.717, 1.165) is 5.56 Å². The standard InChI is InChI=1S/C26H24N4O4/c31-24(27-19-12-14-29(15-13-19)26(33)22-11-6-16-34-22)23-20-9-4-5-10-21(20)25(32)30(28-23)17-18-7-2-1-3-8-18/h1-11,16,19H,12-15,17H2,(H,27,31). The van der Waals surface area contributed by atoms with Gasteiger partial charge in [0.2, 0.25) is 0 Å². The Hall–Kier alpha value is -4.20. The van der Waals surface area contributed by atoms with E-state index in [1.807, 2.05) is 30.3 Å². The van der Waals surface area contributed by atoms with Crippen molar-refractivity contribution in [3.63, 3.8) is 0 Å². The minimum absolute atomic E-state index is 0.0942. The number of furan rings is 1. The quantitative estimate of drug-likeness (QED) is 0.498.